The molecule has 0 fully saturated rings. The first-order valence-electron chi connectivity index (χ1n) is 3.88. The Balaban J connectivity index is 0.00000144. The molecule has 13 heavy (non-hydrogen) atoms. The molecule has 0 bridgehead atoms. The van der Waals surface area contributed by atoms with Crippen LogP contribution in [0.3, 0.4) is 0 Å². The second kappa shape index (κ2) is 5.43. The Labute approximate surface area is 100 Å². The summed E-state index contributed by atoms with van der Waals surface area (Å²) in [6, 6.07) is 7.45. The molecule has 1 aromatic rings. The van der Waals surface area contributed by atoms with Crippen molar-refractivity contribution in [1.82, 2.24) is 0 Å². The number of carbonyl (C=O) groups is 1. The Morgan fingerprint density at radius 1 is 1.46 bits per heavy atom. The second-order valence-electron chi connectivity index (χ2n) is 2.95. The molecule has 0 amide bonds. The molecule has 1 atom stereocenters. The van der Waals surface area contributed by atoms with E-state index in [2.05, 4.69) is 0 Å². The number of benzene rings is 1. The van der Waals surface area contributed by atoms with Gasteiger partial charge < -0.3 is 9.90 Å². The van der Waals surface area contributed by atoms with Crippen molar-refractivity contribution in [1.29, 1.82) is 0 Å². The Hall–Kier alpha value is -0.310. The summed E-state index contributed by atoms with van der Waals surface area (Å²) in [5.74, 6) is -1.55. The molecule has 0 saturated heterocycles. The van der Waals surface area contributed by atoms with Gasteiger partial charge in [0, 0.05) is 11.9 Å². The summed E-state index contributed by atoms with van der Waals surface area (Å²) < 4.78 is 0. The van der Waals surface area contributed by atoms with E-state index in [0.29, 0.717) is 0 Å². The van der Waals surface area contributed by atoms with Gasteiger partial charge in [-0.15, -0.1) is 0 Å². The molecule has 0 aromatic heterocycles. The van der Waals surface area contributed by atoms with Crippen molar-refractivity contribution in [2.24, 2.45) is 0 Å². The number of carboxylic acid groups (broad SMARTS) is 1. The topological polar surface area (TPSA) is 40.1 Å². The zero-order chi connectivity index (χ0) is 9.14. The summed E-state index contributed by atoms with van der Waals surface area (Å²) in [7, 11) is 0. The molecule has 0 N–H and O–H groups in total. The van der Waals surface area contributed by atoms with Crippen LogP contribution in [0.4, 0.5) is 0 Å². The number of hydrogen-bond donors (Lipinski definition) is 0. The van der Waals surface area contributed by atoms with Crippen molar-refractivity contribution in [3.05, 3.63) is 35.4 Å². The van der Waals surface area contributed by atoms with Crippen molar-refractivity contribution < 1.29 is 39.5 Å². The van der Waals surface area contributed by atoms with E-state index in [4.69, 9.17) is 0 Å². The molecule has 0 aliphatic rings. The van der Waals surface area contributed by atoms with Gasteiger partial charge in [0.15, 0.2) is 0 Å². The molecular formula is C10H11NaO2. The zero-order valence-electron chi connectivity index (χ0n) is 8.20. The molecule has 0 saturated carbocycles. The summed E-state index contributed by atoms with van der Waals surface area (Å²) in [5.41, 5.74) is 1.87. The number of rotatable bonds is 2. The van der Waals surface area contributed by atoms with Gasteiger partial charge in [-0.05, 0) is 12.5 Å². The van der Waals surface area contributed by atoms with Gasteiger partial charge in [0.1, 0.15) is 0 Å². The average molecular weight is 186 g/mol. The SMILES string of the molecule is Cc1cccc(C(C)C(=O)[O-])c1.[Na+]. The maximum Gasteiger partial charge on any atom is 1.00 e. The van der Waals surface area contributed by atoms with Crippen molar-refractivity contribution in [3.63, 3.8) is 0 Å². The smallest absolute Gasteiger partial charge is 0.550 e. The summed E-state index contributed by atoms with van der Waals surface area (Å²) in [5, 5.41) is 10.5. The molecule has 64 valence electrons. The van der Waals surface area contributed by atoms with E-state index in [0.717, 1.165) is 11.1 Å². The van der Waals surface area contributed by atoms with Gasteiger partial charge in [-0.2, -0.15) is 0 Å². The van der Waals surface area contributed by atoms with E-state index in [9.17, 15) is 9.90 Å². The van der Waals surface area contributed by atoms with Crippen LogP contribution in [0.5, 0.6) is 0 Å². The largest absolute Gasteiger partial charge is 1.00 e. The minimum atomic E-state index is -1.03. The predicted octanol–water partition coefficient (Wildman–Crippen LogP) is -2.15. The molecule has 0 radical (unpaired) electrons. The van der Waals surface area contributed by atoms with Gasteiger partial charge in [0.25, 0.3) is 0 Å². The fraction of sp³-hybridized carbons (Fsp3) is 0.300. The van der Waals surface area contributed by atoms with Crippen molar-refractivity contribution in [2.75, 3.05) is 0 Å². The third kappa shape index (κ3) is 3.51. The number of aliphatic carboxylic acids is 1. The van der Waals surface area contributed by atoms with Crippen LogP contribution in [0.25, 0.3) is 0 Å². The van der Waals surface area contributed by atoms with E-state index >= 15 is 0 Å². The van der Waals surface area contributed by atoms with Crippen LogP contribution in [0.1, 0.15) is 24.0 Å². The first-order valence-corrected chi connectivity index (χ1v) is 3.88. The summed E-state index contributed by atoms with van der Waals surface area (Å²) >= 11 is 0. The Morgan fingerprint density at radius 2 is 2.08 bits per heavy atom. The van der Waals surface area contributed by atoms with Gasteiger partial charge in [-0.25, -0.2) is 0 Å². The molecule has 1 rings (SSSR count). The third-order valence-electron chi connectivity index (χ3n) is 1.90. The van der Waals surface area contributed by atoms with Gasteiger partial charge in [0.2, 0.25) is 0 Å². The Morgan fingerprint density at radius 3 is 2.54 bits per heavy atom. The zero-order valence-corrected chi connectivity index (χ0v) is 10.2. The van der Waals surface area contributed by atoms with Crippen LogP contribution in [0.15, 0.2) is 24.3 Å². The van der Waals surface area contributed by atoms with Crippen LogP contribution in [0, 0.1) is 6.92 Å². The van der Waals surface area contributed by atoms with Crippen molar-refractivity contribution in [3.8, 4) is 0 Å². The maximum absolute atomic E-state index is 10.5. The number of hydrogen-bond acceptors (Lipinski definition) is 2. The molecule has 3 heteroatoms. The van der Waals surface area contributed by atoms with Gasteiger partial charge in [-0.3, -0.25) is 0 Å². The standard InChI is InChI=1S/C10H12O2.Na/c1-7-4-3-5-9(6-7)8(2)10(11)12;/h3-6,8H,1-2H3,(H,11,12);/q;+1/p-1. The molecule has 2 nitrogen and oxygen atoms in total. The monoisotopic (exact) mass is 186 g/mol. The molecule has 1 aromatic carbocycles. The number of carboxylic acids is 1. The normalized spacial score (nSPS) is 11.5. The van der Waals surface area contributed by atoms with E-state index in [-0.39, 0.29) is 29.6 Å². The molecule has 0 heterocycles. The fourth-order valence-electron chi connectivity index (χ4n) is 1.08. The summed E-state index contributed by atoms with van der Waals surface area (Å²) in [6.45, 7) is 3.57. The Kier molecular flexibility index (Phi) is 5.30. The van der Waals surface area contributed by atoms with Crippen molar-refractivity contribution in [2.45, 2.75) is 19.8 Å². The molecule has 1 unspecified atom stereocenters. The van der Waals surface area contributed by atoms with E-state index in [1.165, 1.54) is 0 Å². The second-order valence-corrected chi connectivity index (χ2v) is 2.95. The molecule has 0 aliphatic heterocycles. The number of carbonyl (C=O) groups excluding carboxylic acids is 1. The van der Waals surface area contributed by atoms with Gasteiger partial charge >= 0.3 is 29.6 Å². The maximum atomic E-state index is 10.5. The Bertz CT molecular complexity index is 297. The average Bonchev–Trinajstić information content (AvgIpc) is 2.03. The fourth-order valence-corrected chi connectivity index (χ4v) is 1.08. The first-order chi connectivity index (χ1) is 5.61. The van der Waals surface area contributed by atoms with Crippen molar-refractivity contribution >= 4 is 5.97 Å². The van der Waals surface area contributed by atoms with E-state index in [1.807, 2.05) is 25.1 Å². The van der Waals surface area contributed by atoms with E-state index in [1.54, 1.807) is 13.0 Å². The van der Waals surface area contributed by atoms with Crippen LogP contribution >= 0.6 is 0 Å². The molecule has 0 spiro atoms. The van der Waals surface area contributed by atoms with Crippen LogP contribution in [-0.2, 0) is 4.79 Å². The van der Waals surface area contributed by atoms with Gasteiger partial charge in [-0.1, -0.05) is 36.8 Å². The predicted molar refractivity (Wildman–Crippen MR) is 44.6 cm³/mol. The molecule has 0 aliphatic carbocycles. The minimum absolute atomic E-state index is 0. The minimum Gasteiger partial charge on any atom is -0.550 e. The van der Waals surface area contributed by atoms with Crippen LogP contribution in [-0.4, -0.2) is 5.97 Å². The number of aryl methyl sites for hydroxylation is 1. The van der Waals surface area contributed by atoms with Crippen LogP contribution < -0.4 is 34.7 Å². The first kappa shape index (κ1) is 12.7. The van der Waals surface area contributed by atoms with Crippen LogP contribution in [0.2, 0.25) is 0 Å². The third-order valence-corrected chi connectivity index (χ3v) is 1.90. The summed E-state index contributed by atoms with van der Waals surface area (Å²) in [6.07, 6.45) is 0. The van der Waals surface area contributed by atoms with Gasteiger partial charge in [0.05, 0.1) is 0 Å². The summed E-state index contributed by atoms with van der Waals surface area (Å²) in [4.78, 5) is 10.5. The van der Waals surface area contributed by atoms with E-state index < -0.39 is 11.9 Å². The molecular weight excluding hydrogens is 175 g/mol. The quantitative estimate of drug-likeness (QED) is 0.494.